The highest BCUT2D eigenvalue weighted by Gasteiger charge is 2.16. The van der Waals surface area contributed by atoms with E-state index in [9.17, 15) is 23.7 Å². The van der Waals surface area contributed by atoms with Gasteiger partial charge in [0.1, 0.15) is 11.5 Å². The number of nitrogens with one attached hydrogen (secondary N) is 2. The Labute approximate surface area is 194 Å². The predicted molar refractivity (Wildman–Crippen MR) is 130 cm³/mol. The second kappa shape index (κ2) is 10.7. The van der Waals surface area contributed by atoms with Gasteiger partial charge in [0.15, 0.2) is 0 Å². The van der Waals surface area contributed by atoms with E-state index in [1.165, 1.54) is 12.1 Å². The molecule has 0 amide bonds. The summed E-state index contributed by atoms with van der Waals surface area (Å²) in [6.45, 7) is 2.15. The van der Waals surface area contributed by atoms with E-state index >= 15 is 0 Å². The highest BCUT2D eigenvalue weighted by atomic mass is 32.2. The van der Waals surface area contributed by atoms with Gasteiger partial charge in [0.25, 0.3) is 0 Å². The lowest BCUT2D eigenvalue weighted by Gasteiger charge is -2.22. The van der Waals surface area contributed by atoms with Crippen LogP contribution in [0, 0.1) is 6.92 Å². The number of aliphatic hydroxyl groups excluding tert-OH is 1. The van der Waals surface area contributed by atoms with Crippen molar-refractivity contribution in [3.05, 3.63) is 89.0 Å². The van der Waals surface area contributed by atoms with Crippen molar-refractivity contribution >= 4 is 15.7 Å². The lowest BCUT2D eigenvalue weighted by atomic mass is 9.96. The number of hydrogen-bond donors (Lipinski definition) is 5. The van der Waals surface area contributed by atoms with E-state index in [4.69, 9.17) is 0 Å². The Morgan fingerprint density at radius 2 is 1.58 bits per heavy atom. The Morgan fingerprint density at radius 3 is 2.24 bits per heavy atom. The summed E-state index contributed by atoms with van der Waals surface area (Å²) < 4.78 is 25.3. The molecule has 0 bridgehead atoms. The van der Waals surface area contributed by atoms with Gasteiger partial charge in [0.2, 0.25) is 10.0 Å². The van der Waals surface area contributed by atoms with E-state index in [0.717, 1.165) is 22.9 Å². The van der Waals surface area contributed by atoms with E-state index in [2.05, 4.69) is 10.0 Å². The van der Waals surface area contributed by atoms with Crippen LogP contribution in [0.4, 0.5) is 5.69 Å². The van der Waals surface area contributed by atoms with Crippen molar-refractivity contribution in [1.82, 2.24) is 5.32 Å². The summed E-state index contributed by atoms with van der Waals surface area (Å²) in [5.74, 6) is 0.0606. The fourth-order valence-electron chi connectivity index (χ4n) is 3.67. The average Bonchev–Trinajstić information content (AvgIpc) is 2.75. The van der Waals surface area contributed by atoms with E-state index in [-0.39, 0.29) is 29.6 Å². The second-order valence-corrected chi connectivity index (χ2v) is 10.0. The Balaban J connectivity index is 1.71. The van der Waals surface area contributed by atoms with Crippen LogP contribution < -0.4 is 10.0 Å². The van der Waals surface area contributed by atoms with Gasteiger partial charge in [0.05, 0.1) is 18.0 Å². The maximum atomic E-state index is 11.5. The molecule has 8 heteroatoms. The molecule has 0 heterocycles. The summed E-state index contributed by atoms with van der Waals surface area (Å²) in [6, 6.07) is 20.0. The van der Waals surface area contributed by atoms with E-state index in [0.29, 0.717) is 18.5 Å². The van der Waals surface area contributed by atoms with Crippen molar-refractivity contribution in [3.8, 4) is 11.5 Å². The predicted octanol–water partition coefficient (Wildman–Crippen LogP) is 3.25. The van der Waals surface area contributed by atoms with E-state index in [1.54, 1.807) is 12.1 Å². The Morgan fingerprint density at radius 1 is 0.879 bits per heavy atom. The molecule has 0 spiro atoms. The number of rotatable bonds is 10. The third kappa shape index (κ3) is 7.49. The van der Waals surface area contributed by atoms with Gasteiger partial charge >= 0.3 is 0 Å². The molecule has 2 atom stereocenters. The monoisotopic (exact) mass is 470 g/mol. The van der Waals surface area contributed by atoms with Crippen molar-refractivity contribution in [1.29, 1.82) is 0 Å². The fourth-order valence-corrected chi connectivity index (χ4v) is 4.23. The van der Waals surface area contributed by atoms with Crippen LogP contribution in [0.2, 0.25) is 0 Å². The molecule has 0 saturated heterocycles. The quantitative estimate of drug-likeness (QED) is 0.290. The fraction of sp³-hybridized carbons (Fsp3) is 0.280. The summed E-state index contributed by atoms with van der Waals surface area (Å²) in [5.41, 5.74) is 3.70. The first-order chi connectivity index (χ1) is 15.6. The van der Waals surface area contributed by atoms with Crippen molar-refractivity contribution in [2.45, 2.75) is 31.9 Å². The molecule has 0 saturated carbocycles. The van der Waals surface area contributed by atoms with Crippen LogP contribution >= 0.6 is 0 Å². The lowest BCUT2D eigenvalue weighted by Crippen LogP contribution is -2.32. The maximum Gasteiger partial charge on any atom is 0.229 e. The summed E-state index contributed by atoms with van der Waals surface area (Å²) in [4.78, 5) is 0. The number of phenolic OH excluding ortho intramolecular Hbond substituents is 2. The Hall–Kier alpha value is -3.07. The van der Waals surface area contributed by atoms with E-state index < -0.39 is 16.1 Å². The summed E-state index contributed by atoms with van der Waals surface area (Å²) in [5, 5.41) is 33.9. The number of hydrogen-bond acceptors (Lipinski definition) is 6. The molecule has 33 heavy (non-hydrogen) atoms. The van der Waals surface area contributed by atoms with E-state index in [1.807, 2.05) is 49.4 Å². The van der Waals surface area contributed by atoms with Gasteiger partial charge in [0, 0.05) is 12.6 Å². The van der Waals surface area contributed by atoms with Gasteiger partial charge in [-0.1, -0.05) is 48.5 Å². The smallest absolute Gasteiger partial charge is 0.229 e. The van der Waals surface area contributed by atoms with Crippen LogP contribution in [0.3, 0.4) is 0 Å². The molecule has 3 aromatic rings. The number of phenols is 2. The molecule has 0 aromatic heterocycles. The molecular formula is C25H30N2O5S. The zero-order valence-corrected chi connectivity index (χ0v) is 19.5. The van der Waals surface area contributed by atoms with Gasteiger partial charge in [-0.2, -0.15) is 0 Å². The Kier molecular flexibility index (Phi) is 7.97. The number of aliphatic hydroxyl groups is 1. The molecule has 176 valence electrons. The molecule has 0 aliphatic rings. The zero-order chi connectivity index (χ0) is 24.0. The van der Waals surface area contributed by atoms with Crippen molar-refractivity contribution in [3.63, 3.8) is 0 Å². The highest BCUT2D eigenvalue weighted by Crippen LogP contribution is 2.26. The minimum atomic E-state index is -3.54. The number of aryl methyl sites for hydroxylation is 1. The van der Waals surface area contributed by atoms with Gasteiger partial charge in [-0.15, -0.1) is 0 Å². The normalized spacial score (nSPS) is 13.4. The second-order valence-electron chi connectivity index (χ2n) is 8.28. The standard InChI is InChI=1S/C25H30N2O5S/c1-17-12-20(9-11-24(17)29)22(14-18-6-4-3-5-7-18)26-16-21(28)13-19-8-10-25(30)23(15-19)27-33(2,31)32/h3-12,15,21-22,26-30H,13-14,16H2,1-2H3. The lowest BCUT2D eigenvalue weighted by molar-refractivity contribution is 0.167. The molecule has 0 fully saturated rings. The molecule has 0 aliphatic heterocycles. The zero-order valence-electron chi connectivity index (χ0n) is 18.7. The van der Waals surface area contributed by atoms with Gasteiger partial charge in [-0.25, -0.2) is 8.42 Å². The summed E-state index contributed by atoms with van der Waals surface area (Å²) in [7, 11) is -3.54. The molecule has 5 N–H and O–H groups in total. The number of anilines is 1. The van der Waals surface area contributed by atoms with Gasteiger partial charge < -0.3 is 20.6 Å². The highest BCUT2D eigenvalue weighted by molar-refractivity contribution is 7.92. The molecule has 3 rings (SSSR count). The van der Waals surface area contributed by atoms with Gasteiger partial charge in [-0.3, -0.25) is 4.72 Å². The molecule has 3 aromatic carbocycles. The number of sulfonamides is 1. The first kappa shape index (κ1) is 24.6. The number of aromatic hydroxyl groups is 2. The molecule has 7 nitrogen and oxygen atoms in total. The largest absolute Gasteiger partial charge is 0.508 e. The van der Waals surface area contributed by atoms with Crippen molar-refractivity contribution in [2.24, 2.45) is 0 Å². The topological polar surface area (TPSA) is 119 Å². The van der Waals surface area contributed by atoms with Crippen LogP contribution in [0.25, 0.3) is 0 Å². The minimum Gasteiger partial charge on any atom is -0.508 e. The summed E-state index contributed by atoms with van der Waals surface area (Å²) >= 11 is 0. The Bertz CT molecular complexity index is 1180. The van der Waals surface area contributed by atoms with Gasteiger partial charge in [-0.05, 0) is 60.2 Å². The average molecular weight is 471 g/mol. The number of benzene rings is 3. The molecular weight excluding hydrogens is 440 g/mol. The molecule has 2 unspecified atom stereocenters. The van der Waals surface area contributed by atoms with Crippen LogP contribution in [0.1, 0.15) is 28.3 Å². The molecule has 0 aliphatic carbocycles. The third-order valence-electron chi connectivity index (χ3n) is 5.33. The summed E-state index contributed by atoms with van der Waals surface area (Å²) in [6.07, 6.45) is 1.25. The third-order valence-corrected chi connectivity index (χ3v) is 5.92. The first-order valence-electron chi connectivity index (χ1n) is 10.7. The SMILES string of the molecule is Cc1cc(C(Cc2ccccc2)NCC(O)Cc2ccc(O)c(NS(C)(=O)=O)c2)ccc1O. The van der Waals surface area contributed by atoms with Crippen LogP contribution in [-0.4, -0.2) is 42.6 Å². The minimum absolute atomic E-state index is 0.0800. The van der Waals surface area contributed by atoms with Crippen LogP contribution in [0.5, 0.6) is 11.5 Å². The maximum absolute atomic E-state index is 11.5. The van der Waals surface area contributed by atoms with Crippen LogP contribution in [0.15, 0.2) is 66.7 Å². The van der Waals surface area contributed by atoms with Crippen molar-refractivity contribution in [2.75, 3.05) is 17.5 Å². The van der Waals surface area contributed by atoms with Crippen LogP contribution in [-0.2, 0) is 22.9 Å². The first-order valence-corrected chi connectivity index (χ1v) is 12.5. The molecule has 0 radical (unpaired) electrons. The van der Waals surface area contributed by atoms with Crippen molar-refractivity contribution < 1.29 is 23.7 Å².